The summed E-state index contributed by atoms with van der Waals surface area (Å²) in [6.07, 6.45) is 15.0. The third-order valence-corrected chi connectivity index (χ3v) is 7.06. The lowest BCUT2D eigenvalue weighted by atomic mass is 9.91. The van der Waals surface area contributed by atoms with E-state index in [9.17, 15) is 4.79 Å². The van der Waals surface area contributed by atoms with Crippen molar-refractivity contribution in [1.29, 1.82) is 0 Å². The molecule has 0 aliphatic carbocycles. The van der Waals surface area contributed by atoms with E-state index in [1.165, 1.54) is 63.9 Å². The Balaban J connectivity index is 2.47. The first kappa shape index (κ1) is 30.3. The SMILES string of the molecule is COc1cc(C)c(OC(C)=O)c(C)c1CC=C(C)CCCC(C)CCCC(C)CCCC(C)C. The first-order valence-corrected chi connectivity index (χ1v) is 13.6. The molecule has 0 N–H and O–H groups in total. The van der Waals surface area contributed by atoms with E-state index in [4.69, 9.17) is 9.47 Å². The van der Waals surface area contributed by atoms with Crippen LogP contribution in [0.15, 0.2) is 17.7 Å². The van der Waals surface area contributed by atoms with Gasteiger partial charge >= 0.3 is 5.97 Å². The van der Waals surface area contributed by atoms with E-state index < -0.39 is 0 Å². The highest BCUT2D eigenvalue weighted by atomic mass is 16.5. The second-order valence-electron chi connectivity index (χ2n) is 11.0. The lowest BCUT2D eigenvalue weighted by molar-refractivity contribution is -0.131. The molecule has 0 fully saturated rings. The van der Waals surface area contributed by atoms with Crippen LogP contribution in [0.1, 0.15) is 116 Å². The summed E-state index contributed by atoms with van der Waals surface area (Å²) in [5.74, 6) is 3.76. The van der Waals surface area contributed by atoms with Crippen molar-refractivity contribution in [1.82, 2.24) is 0 Å². The van der Waals surface area contributed by atoms with Crippen molar-refractivity contribution in [2.24, 2.45) is 17.8 Å². The van der Waals surface area contributed by atoms with Gasteiger partial charge in [-0.05, 0) is 75.0 Å². The second-order valence-corrected chi connectivity index (χ2v) is 11.0. The second kappa shape index (κ2) is 16.0. The van der Waals surface area contributed by atoms with Crippen LogP contribution in [-0.2, 0) is 11.2 Å². The maximum Gasteiger partial charge on any atom is 0.308 e. The molecule has 0 bridgehead atoms. The average Bonchev–Trinajstić information content (AvgIpc) is 2.75. The van der Waals surface area contributed by atoms with Gasteiger partial charge in [-0.3, -0.25) is 4.79 Å². The molecule has 2 unspecified atom stereocenters. The highest BCUT2D eigenvalue weighted by molar-refractivity contribution is 5.71. The molecule has 1 aromatic rings. The monoisotopic (exact) mass is 472 g/mol. The predicted octanol–water partition coefficient (Wildman–Crippen LogP) is 9.17. The van der Waals surface area contributed by atoms with Gasteiger partial charge in [-0.15, -0.1) is 0 Å². The lowest BCUT2D eigenvalue weighted by Gasteiger charge is -2.17. The van der Waals surface area contributed by atoms with E-state index in [1.807, 2.05) is 19.9 Å². The number of rotatable bonds is 16. The van der Waals surface area contributed by atoms with Gasteiger partial charge in [0.05, 0.1) is 7.11 Å². The number of esters is 1. The molecule has 194 valence electrons. The first-order valence-electron chi connectivity index (χ1n) is 13.6. The quantitative estimate of drug-likeness (QED) is 0.137. The lowest BCUT2D eigenvalue weighted by Crippen LogP contribution is -2.07. The molecule has 0 aromatic heterocycles. The average molecular weight is 473 g/mol. The number of methoxy groups -OCH3 is 1. The Hall–Kier alpha value is -1.77. The van der Waals surface area contributed by atoms with Crippen LogP contribution in [0.25, 0.3) is 0 Å². The molecule has 3 heteroatoms. The first-order chi connectivity index (χ1) is 16.0. The van der Waals surface area contributed by atoms with E-state index >= 15 is 0 Å². The van der Waals surface area contributed by atoms with Crippen molar-refractivity contribution < 1.29 is 14.3 Å². The van der Waals surface area contributed by atoms with Crippen molar-refractivity contribution in [3.8, 4) is 11.5 Å². The van der Waals surface area contributed by atoms with Gasteiger partial charge in [0.25, 0.3) is 0 Å². The van der Waals surface area contributed by atoms with Crippen molar-refractivity contribution >= 4 is 5.97 Å². The summed E-state index contributed by atoms with van der Waals surface area (Å²) in [6, 6.07) is 1.97. The fourth-order valence-corrected chi connectivity index (χ4v) is 4.79. The molecule has 0 aliphatic heterocycles. The Morgan fingerprint density at radius 2 is 1.47 bits per heavy atom. The smallest absolute Gasteiger partial charge is 0.308 e. The zero-order valence-corrected chi connectivity index (χ0v) is 23.7. The molecular formula is C31H52O3. The predicted molar refractivity (Wildman–Crippen MR) is 146 cm³/mol. The number of carbonyl (C=O) groups excluding carboxylic acids is 1. The van der Waals surface area contributed by atoms with Gasteiger partial charge in [0.1, 0.15) is 11.5 Å². The normalized spacial score (nSPS) is 13.8. The minimum absolute atomic E-state index is 0.288. The van der Waals surface area contributed by atoms with Crippen LogP contribution < -0.4 is 9.47 Å². The Bertz CT molecular complexity index is 775. The Morgan fingerprint density at radius 1 is 0.912 bits per heavy atom. The number of aryl methyl sites for hydroxylation is 1. The fraction of sp³-hybridized carbons (Fsp3) is 0.710. The van der Waals surface area contributed by atoms with Gasteiger partial charge in [-0.1, -0.05) is 84.3 Å². The number of carbonyl (C=O) groups is 1. The fourth-order valence-electron chi connectivity index (χ4n) is 4.79. The Kier molecular flexibility index (Phi) is 14.2. The van der Waals surface area contributed by atoms with Crippen molar-refractivity contribution in [2.45, 2.75) is 120 Å². The molecule has 0 amide bonds. The molecule has 0 spiro atoms. The van der Waals surface area contributed by atoms with Gasteiger partial charge in [-0.2, -0.15) is 0 Å². The highest BCUT2D eigenvalue weighted by Crippen LogP contribution is 2.34. The highest BCUT2D eigenvalue weighted by Gasteiger charge is 2.16. The van der Waals surface area contributed by atoms with Gasteiger partial charge in [0.2, 0.25) is 0 Å². The third kappa shape index (κ3) is 11.6. The van der Waals surface area contributed by atoms with Gasteiger partial charge < -0.3 is 9.47 Å². The summed E-state index contributed by atoms with van der Waals surface area (Å²) in [4.78, 5) is 11.5. The van der Waals surface area contributed by atoms with Crippen LogP contribution in [0.4, 0.5) is 0 Å². The minimum Gasteiger partial charge on any atom is -0.496 e. The van der Waals surface area contributed by atoms with Crippen LogP contribution in [0, 0.1) is 31.6 Å². The molecule has 34 heavy (non-hydrogen) atoms. The molecule has 0 aliphatic rings. The van der Waals surface area contributed by atoms with E-state index in [2.05, 4.69) is 40.7 Å². The van der Waals surface area contributed by atoms with E-state index in [0.29, 0.717) is 5.75 Å². The molecule has 0 saturated carbocycles. The van der Waals surface area contributed by atoms with Gasteiger partial charge in [0.15, 0.2) is 0 Å². The summed E-state index contributed by atoms with van der Waals surface area (Å²) < 4.78 is 11.1. The maximum absolute atomic E-state index is 11.5. The van der Waals surface area contributed by atoms with Crippen LogP contribution in [0.3, 0.4) is 0 Å². The molecule has 3 nitrogen and oxygen atoms in total. The Morgan fingerprint density at radius 3 is 2.00 bits per heavy atom. The molecular weight excluding hydrogens is 420 g/mol. The topological polar surface area (TPSA) is 35.5 Å². The van der Waals surface area contributed by atoms with Crippen molar-refractivity contribution in [3.63, 3.8) is 0 Å². The van der Waals surface area contributed by atoms with E-state index in [0.717, 1.165) is 53.0 Å². The number of allylic oxidation sites excluding steroid dienone is 2. The Labute approximate surface area is 210 Å². The summed E-state index contributed by atoms with van der Waals surface area (Å²) >= 11 is 0. The number of ether oxygens (including phenoxy) is 2. The molecule has 0 saturated heterocycles. The van der Waals surface area contributed by atoms with Crippen molar-refractivity contribution in [3.05, 3.63) is 34.4 Å². The number of benzene rings is 1. The number of hydrogen-bond acceptors (Lipinski definition) is 3. The van der Waals surface area contributed by atoms with Crippen LogP contribution >= 0.6 is 0 Å². The third-order valence-electron chi connectivity index (χ3n) is 7.06. The van der Waals surface area contributed by atoms with Crippen LogP contribution in [0.5, 0.6) is 11.5 Å². The van der Waals surface area contributed by atoms with Crippen LogP contribution in [-0.4, -0.2) is 13.1 Å². The maximum atomic E-state index is 11.5. The summed E-state index contributed by atoms with van der Waals surface area (Å²) in [5.41, 5.74) is 4.43. The zero-order valence-electron chi connectivity index (χ0n) is 23.7. The van der Waals surface area contributed by atoms with Crippen molar-refractivity contribution in [2.75, 3.05) is 7.11 Å². The molecule has 0 heterocycles. The standard InChI is InChI=1S/C31H52O3/c1-22(2)13-10-14-23(3)15-11-16-24(4)17-12-18-25(5)19-20-29-27(7)31(34-28(8)32)26(6)21-30(29)33-9/h19,21-24H,10-18,20H2,1-9H3. The molecule has 0 radical (unpaired) electrons. The van der Waals surface area contributed by atoms with E-state index in [1.54, 1.807) is 7.11 Å². The van der Waals surface area contributed by atoms with Crippen LogP contribution in [0.2, 0.25) is 0 Å². The van der Waals surface area contributed by atoms with Gasteiger partial charge in [0, 0.05) is 12.5 Å². The summed E-state index contributed by atoms with van der Waals surface area (Å²) in [6.45, 7) is 17.1. The zero-order chi connectivity index (χ0) is 25.7. The molecule has 1 aromatic carbocycles. The summed E-state index contributed by atoms with van der Waals surface area (Å²) in [5, 5.41) is 0. The molecule has 2 atom stereocenters. The minimum atomic E-state index is -0.288. The van der Waals surface area contributed by atoms with Gasteiger partial charge in [-0.25, -0.2) is 0 Å². The van der Waals surface area contributed by atoms with E-state index in [-0.39, 0.29) is 5.97 Å². The summed E-state index contributed by atoms with van der Waals surface area (Å²) in [7, 11) is 1.70. The largest absolute Gasteiger partial charge is 0.496 e. The number of hydrogen-bond donors (Lipinski definition) is 0. The molecule has 1 rings (SSSR count).